The Kier molecular flexibility index (Phi) is 6.43. The van der Waals surface area contributed by atoms with Crippen LogP contribution in [0.4, 0.5) is 5.95 Å². The van der Waals surface area contributed by atoms with Crippen LogP contribution < -0.4 is 10.1 Å². The molecule has 1 N–H and O–H groups in total. The lowest BCUT2D eigenvalue weighted by Crippen LogP contribution is -2.20. The van der Waals surface area contributed by atoms with Crippen LogP contribution >= 0.6 is 11.6 Å². The third-order valence-electron chi connectivity index (χ3n) is 3.95. The summed E-state index contributed by atoms with van der Waals surface area (Å²) in [7, 11) is 3.86. The van der Waals surface area contributed by atoms with E-state index in [0.717, 1.165) is 11.1 Å². The topological polar surface area (TPSA) is 74.1 Å². The molecule has 3 aromatic rings. The Hall–Kier alpha value is -3.14. The summed E-state index contributed by atoms with van der Waals surface area (Å²) in [6.45, 7) is 0.418. The van der Waals surface area contributed by atoms with Crippen LogP contribution in [0.25, 0.3) is 0 Å². The van der Waals surface area contributed by atoms with Gasteiger partial charge in [-0.15, -0.1) is 0 Å². The number of anilines is 1. The number of nitrogens with zero attached hydrogens (tertiary/aromatic N) is 4. The number of ether oxygens (including phenoxy) is 1. The summed E-state index contributed by atoms with van der Waals surface area (Å²) in [6, 6.07) is 16.4. The van der Waals surface area contributed by atoms with Crippen LogP contribution in [0.2, 0.25) is 5.02 Å². The fourth-order valence-corrected chi connectivity index (χ4v) is 2.89. The van der Waals surface area contributed by atoms with Crippen molar-refractivity contribution in [3.63, 3.8) is 0 Å². The number of nitrogens with one attached hydrogen (secondary N) is 1. The van der Waals surface area contributed by atoms with Crippen molar-refractivity contribution in [3.05, 3.63) is 82.6 Å². The molecule has 7 heteroatoms. The zero-order chi connectivity index (χ0) is 19.9. The first kappa shape index (κ1) is 19.6. The van der Waals surface area contributed by atoms with Gasteiger partial charge in [0.25, 0.3) is 0 Å². The summed E-state index contributed by atoms with van der Waals surface area (Å²) in [4.78, 5) is 10.5. The molecule has 0 saturated carbocycles. The molecule has 0 aliphatic carbocycles. The first-order valence-corrected chi connectivity index (χ1v) is 9.05. The molecule has 3 rings (SSSR count). The van der Waals surface area contributed by atoms with Crippen molar-refractivity contribution < 1.29 is 4.74 Å². The molecule has 1 unspecified atom stereocenters. The Morgan fingerprint density at radius 1 is 1.14 bits per heavy atom. The summed E-state index contributed by atoms with van der Waals surface area (Å²) in [5.41, 5.74) is 2.27. The molecule has 0 radical (unpaired) electrons. The number of hydrogen-bond donors (Lipinski definition) is 1. The quantitative estimate of drug-likeness (QED) is 0.609. The van der Waals surface area contributed by atoms with Gasteiger partial charge in [0.15, 0.2) is 0 Å². The molecular formula is C21H20ClN5O. The molecule has 6 nitrogen and oxygen atoms in total. The molecular weight excluding hydrogens is 374 g/mol. The SMILES string of the molecule is CN(C)COc1ccc(Cl)cc1C(Nc1ncccn1)c1cccc(C#N)c1. The maximum atomic E-state index is 9.30. The van der Waals surface area contributed by atoms with Gasteiger partial charge in [0.1, 0.15) is 12.5 Å². The highest BCUT2D eigenvalue weighted by Crippen LogP contribution is 2.34. The zero-order valence-corrected chi connectivity index (χ0v) is 16.4. The van der Waals surface area contributed by atoms with Gasteiger partial charge in [0, 0.05) is 23.0 Å². The van der Waals surface area contributed by atoms with Gasteiger partial charge in [-0.25, -0.2) is 9.97 Å². The average molecular weight is 394 g/mol. The third-order valence-corrected chi connectivity index (χ3v) is 4.18. The first-order chi connectivity index (χ1) is 13.6. The molecule has 28 heavy (non-hydrogen) atoms. The third kappa shape index (κ3) is 4.97. The largest absolute Gasteiger partial charge is 0.478 e. The number of benzene rings is 2. The second-order valence-electron chi connectivity index (χ2n) is 6.42. The van der Waals surface area contributed by atoms with Crippen molar-refractivity contribution in [2.24, 2.45) is 0 Å². The molecule has 0 aliphatic rings. The summed E-state index contributed by atoms with van der Waals surface area (Å²) in [6.07, 6.45) is 3.33. The van der Waals surface area contributed by atoms with Gasteiger partial charge in [-0.3, -0.25) is 4.90 Å². The molecule has 0 saturated heterocycles. The van der Waals surface area contributed by atoms with Crippen molar-refractivity contribution in [1.82, 2.24) is 14.9 Å². The summed E-state index contributed by atoms with van der Waals surface area (Å²) >= 11 is 6.30. The minimum atomic E-state index is -0.355. The maximum Gasteiger partial charge on any atom is 0.223 e. The second kappa shape index (κ2) is 9.18. The number of aromatic nitrogens is 2. The number of halogens is 1. The molecule has 0 bridgehead atoms. The lowest BCUT2D eigenvalue weighted by atomic mass is 9.96. The predicted molar refractivity (Wildman–Crippen MR) is 109 cm³/mol. The van der Waals surface area contributed by atoms with Crippen molar-refractivity contribution in [2.75, 3.05) is 26.1 Å². The smallest absolute Gasteiger partial charge is 0.223 e. The van der Waals surface area contributed by atoms with Crippen molar-refractivity contribution in [2.45, 2.75) is 6.04 Å². The van der Waals surface area contributed by atoms with Crippen LogP contribution in [0.15, 0.2) is 60.9 Å². The number of hydrogen-bond acceptors (Lipinski definition) is 6. The minimum Gasteiger partial charge on any atom is -0.478 e. The monoisotopic (exact) mass is 393 g/mol. The van der Waals surface area contributed by atoms with Crippen molar-refractivity contribution in [1.29, 1.82) is 5.26 Å². The highest BCUT2D eigenvalue weighted by Gasteiger charge is 2.21. The van der Waals surface area contributed by atoms with Crippen LogP contribution in [0.1, 0.15) is 22.7 Å². The normalized spacial score (nSPS) is 11.7. The van der Waals surface area contributed by atoms with Crippen LogP contribution in [-0.4, -0.2) is 35.7 Å². The van der Waals surface area contributed by atoms with Crippen molar-refractivity contribution >= 4 is 17.5 Å². The van der Waals surface area contributed by atoms with Crippen LogP contribution in [0, 0.1) is 11.3 Å². The van der Waals surface area contributed by atoms with Gasteiger partial charge in [-0.1, -0.05) is 23.7 Å². The predicted octanol–water partition coefficient (Wildman–Crippen LogP) is 4.10. The van der Waals surface area contributed by atoms with E-state index in [1.54, 1.807) is 30.6 Å². The van der Waals surface area contributed by atoms with E-state index in [1.807, 2.05) is 49.3 Å². The van der Waals surface area contributed by atoms with E-state index < -0.39 is 0 Å². The molecule has 0 spiro atoms. The van der Waals surface area contributed by atoms with Gasteiger partial charge in [-0.05, 0) is 56.1 Å². The first-order valence-electron chi connectivity index (χ1n) is 8.67. The highest BCUT2D eigenvalue weighted by atomic mass is 35.5. The number of rotatable bonds is 7. The zero-order valence-electron chi connectivity index (χ0n) is 15.6. The van der Waals surface area contributed by atoms with E-state index in [9.17, 15) is 5.26 Å². The average Bonchev–Trinajstić information content (AvgIpc) is 2.72. The van der Waals surface area contributed by atoms with Gasteiger partial charge < -0.3 is 10.1 Å². The Morgan fingerprint density at radius 2 is 1.93 bits per heavy atom. The molecule has 1 heterocycles. The Balaban J connectivity index is 2.08. The van der Waals surface area contributed by atoms with E-state index in [-0.39, 0.29) is 6.04 Å². The minimum absolute atomic E-state index is 0.355. The van der Waals surface area contributed by atoms with Gasteiger partial charge in [0.05, 0.1) is 17.7 Å². The van der Waals surface area contributed by atoms with E-state index >= 15 is 0 Å². The van der Waals surface area contributed by atoms with Crippen LogP contribution in [0.3, 0.4) is 0 Å². The molecule has 0 fully saturated rings. The second-order valence-corrected chi connectivity index (χ2v) is 6.86. The molecule has 142 valence electrons. The molecule has 1 aromatic heterocycles. The van der Waals surface area contributed by atoms with E-state index in [1.165, 1.54) is 0 Å². The molecule has 0 amide bonds. The highest BCUT2D eigenvalue weighted by molar-refractivity contribution is 6.30. The fraction of sp³-hybridized carbons (Fsp3) is 0.190. The Labute approximate surface area is 169 Å². The van der Waals surface area contributed by atoms with Crippen molar-refractivity contribution in [3.8, 4) is 11.8 Å². The van der Waals surface area contributed by atoms with Gasteiger partial charge in [-0.2, -0.15) is 5.26 Å². The maximum absolute atomic E-state index is 9.30. The lowest BCUT2D eigenvalue weighted by molar-refractivity contribution is 0.178. The standard InChI is InChI=1S/C21H20ClN5O/c1-27(2)14-28-19-8-7-17(22)12-18(19)20(26-21-24-9-4-10-25-21)16-6-3-5-15(11-16)13-23/h3-12,20H,14H2,1-2H3,(H,24,25,26). The van der Waals surface area contributed by atoms with E-state index in [4.69, 9.17) is 16.3 Å². The summed E-state index contributed by atoms with van der Waals surface area (Å²) in [5.74, 6) is 1.15. The van der Waals surface area contributed by atoms with E-state index in [0.29, 0.717) is 29.0 Å². The van der Waals surface area contributed by atoms with Gasteiger partial charge >= 0.3 is 0 Å². The van der Waals surface area contributed by atoms with Crippen LogP contribution in [0.5, 0.6) is 5.75 Å². The molecule has 1 atom stereocenters. The molecule has 2 aromatic carbocycles. The van der Waals surface area contributed by atoms with Gasteiger partial charge in [0.2, 0.25) is 5.95 Å². The summed E-state index contributed by atoms with van der Waals surface area (Å²) < 4.78 is 5.97. The number of nitriles is 1. The lowest BCUT2D eigenvalue weighted by Gasteiger charge is -2.23. The van der Waals surface area contributed by atoms with E-state index in [2.05, 4.69) is 21.4 Å². The Bertz CT molecular complexity index is 972. The Morgan fingerprint density at radius 3 is 2.64 bits per heavy atom. The van der Waals surface area contributed by atoms with Crippen LogP contribution in [-0.2, 0) is 0 Å². The summed E-state index contributed by atoms with van der Waals surface area (Å²) in [5, 5.41) is 13.2. The fourth-order valence-electron chi connectivity index (χ4n) is 2.71. The molecule has 0 aliphatic heterocycles.